The molecule has 2 aliphatic rings. The maximum absolute atomic E-state index is 2.52. The Kier molecular flexibility index (Phi) is 2.63. The summed E-state index contributed by atoms with van der Waals surface area (Å²) in [5.41, 5.74) is 0.538. The fourth-order valence-corrected chi connectivity index (χ4v) is 3.37. The first kappa shape index (κ1) is 10.5. The first-order chi connectivity index (χ1) is 6.47. The number of hydrogen-bond acceptors (Lipinski definition) is 1. The third-order valence-corrected chi connectivity index (χ3v) is 4.49. The highest BCUT2D eigenvalue weighted by atomic mass is 15.1. The molecule has 0 aromatic heterocycles. The second-order valence-corrected chi connectivity index (χ2v) is 6.61. The fourth-order valence-electron chi connectivity index (χ4n) is 3.37. The van der Waals surface area contributed by atoms with E-state index in [1.165, 1.54) is 32.4 Å². The molecule has 1 aliphatic heterocycles. The molecule has 14 heavy (non-hydrogen) atoms. The van der Waals surface area contributed by atoms with E-state index in [0.29, 0.717) is 5.41 Å². The third kappa shape index (κ3) is 1.98. The zero-order valence-corrected chi connectivity index (χ0v) is 10.2. The lowest BCUT2D eigenvalue weighted by molar-refractivity contribution is 0.166. The SMILES string of the molecule is CN1CCC2CC(C(C)(C)C)CC2C1. The van der Waals surface area contributed by atoms with Crippen LogP contribution in [0.4, 0.5) is 0 Å². The highest BCUT2D eigenvalue weighted by Crippen LogP contribution is 2.47. The van der Waals surface area contributed by atoms with Gasteiger partial charge in [-0.25, -0.2) is 0 Å². The van der Waals surface area contributed by atoms with Crippen molar-refractivity contribution >= 4 is 0 Å². The molecule has 0 amide bonds. The van der Waals surface area contributed by atoms with Crippen molar-refractivity contribution < 1.29 is 0 Å². The summed E-state index contributed by atoms with van der Waals surface area (Å²) in [6.45, 7) is 9.94. The van der Waals surface area contributed by atoms with Crippen molar-refractivity contribution in [1.29, 1.82) is 0 Å². The molecule has 0 spiro atoms. The van der Waals surface area contributed by atoms with E-state index < -0.39 is 0 Å². The van der Waals surface area contributed by atoms with Crippen molar-refractivity contribution in [1.82, 2.24) is 4.90 Å². The van der Waals surface area contributed by atoms with Gasteiger partial charge in [-0.1, -0.05) is 20.8 Å². The fraction of sp³-hybridized carbons (Fsp3) is 1.00. The molecule has 82 valence electrons. The van der Waals surface area contributed by atoms with E-state index in [-0.39, 0.29) is 0 Å². The van der Waals surface area contributed by atoms with Crippen LogP contribution in [0.5, 0.6) is 0 Å². The van der Waals surface area contributed by atoms with Crippen LogP contribution in [0, 0.1) is 23.2 Å². The predicted octanol–water partition coefficient (Wildman–Crippen LogP) is 3.01. The Hall–Kier alpha value is -0.0400. The number of rotatable bonds is 0. The Morgan fingerprint density at radius 1 is 1.07 bits per heavy atom. The molecule has 0 bridgehead atoms. The highest BCUT2D eigenvalue weighted by molar-refractivity contribution is 4.92. The van der Waals surface area contributed by atoms with Gasteiger partial charge in [0.25, 0.3) is 0 Å². The molecule has 1 aliphatic carbocycles. The number of nitrogens with zero attached hydrogens (tertiary/aromatic N) is 1. The van der Waals surface area contributed by atoms with Crippen LogP contribution in [0.25, 0.3) is 0 Å². The molecule has 0 radical (unpaired) electrons. The first-order valence-electron chi connectivity index (χ1n) is 6.15. The summed E-state index contributed by atoms with van der Waals surface area (Å²) >= 11 is 0. The summed E-state index contributed by atoms with van der Waals surface area (Å²) in [6, 6.07) is 0. The van der Waals surface area contributed by atoms with E-state index in [2.05, 4.69) is 32.7 Å². The zero-order valence-electron chi connectivity index (χ0n) is 10.2. The van der Waals surface area contributed by atoms with Crippen molar-refractivity contribution in [2.24, 2.45) is 23.2 Å². The Balaban J connectivity index is 1.99. The number of fused-ring (bicyclic) bond motifs is 1. The molecule has 1 saturated heterocycles. The summed E-state index contributed by atoms with van der Waals surface area (Å²) in [5, 5.41) is 0. The van der Waals surface area contributed by atoms with Crippen LogP contribution >= 0.6 is 0 Å². The smallest absolute Gasteiger partial charge is 0.000937 e. The molecular formula is C13H25N. The van der Waals surface area contributed by atoms with Crippen molar-refractivity contribution in [2.75, 3.05) is 20.1 Å². The highest BCUT2D eigenvalue weighted by Gasteiger charge is 2.41. The van der Waals surface area contributed by atoms with Crippen LogP contribution in [0.3, 0.4) is 0 Å². The van der Waals surface area contributed by atoms with Crippen LogP contribution in [0.2, 0.25) is 0 Å². The van der Waals surface area contributed by atoms with Crippen molar-refractivity contribution in [3.05, 3.63) is 0 Å². The quantitative estimate of drug-likeness (QED) is 0.574. The second kappa shape index (κ2) is 3.52. The van der Waals surface area contributed by atoms with Crippen LogP contribution in [0.15, 0.2) is 0 Å². The Morgan fingerprint density at radius 2 is 1.71 bits per heavy atom. The molecule has 0 aromatic carbocycles. The Bertz CT molecular complexity index is 204. The molecule has 1 heterocycles. The van der Waals surface area contributed by atoms with E-state index in [1.807, 2.05) is 0 Å². The molecule has 1 heteroatoms. The molecule has 3 unspecified atom stereocenters. The zero-order chi connectivity index (χ0) is 10.3. The van der Waals surface area contributed by atoms with Gasteiger partial charge in [0.15, 0.2) is 0 Å². The maximum Gasteiger partial charge on any atom is 0.000937 e. The second-order valence-electron chi connectivity index (χ2n) is 6.61. The lowest BCUT2D eigenvalue weighted by Crippen LogP contribution is -2.35. The topological polar surface area (TPSA) is 3.24 Å². The number of hydrogen-bond donors (Lipinski definition) is 0. The van der Waals surface area contributed by atoms with Crippen molar-refractivity contribution in [3.63, 3.8) is 0 Å². The van der Waals surface area contributed by atoms with Crippen LogP contribution in [-0.2, 0) is 0 Å². The average Bonchev–Trinajstić information content (AvgIpc) is 2.45. The summed E-state index contributed by atoms with van der Waals surface area (Å²) in [4.78, 5) is 2.52. The lowest BCUT2D eigenvalue weighted by atomic mass is 9.79. The van der Waals surface area contributed by atoms with Gasteiger partial charge in [0.2, 0.25) is 0 Å². The van der Waals surface area contributed by atoms with E-state index >= 15 is 0 Å². The van der Waals surface area contributed by atoms with E-state index in [9.17, 15) is 0 Å². The minimum Gasteiger partial charge on any atom is -0.306 e. The van der Waals surface area contributed by atoms with Gasteiger partial charge in [0.1, 0.15) is 0 Å². The van der Waals surface area contributed by atoms with E-state index in [4.69, 9.17) is 0 Å². The van der Waals surface area contributed by atoms with Gasteiger partial charge >= 0.3 is 0 Å². The van der Waals surface area contributed by atoms with E-state index in [0.717, 1.165) is 17.8 Å². The monoisotopic (exact) mass is 195 g/mol. The number of likely N-dealkylation sites (tertiary alicyclic amines) is 1. The summed E-state index contributed by atoms with van der Waals surface area (Å²) in [7, 11) is 2.28. The van der Waals surface area contributed by atoms with Gasteiger partial charge in [0.05, 0.1) is 0 Å². The van der Waals surface area contributed by atoms with Gasteiger partial charge in [-0.15, -0.1) is 0 Å². The predicted molar refractivity (Wildman–Crippen MR) is 61.3 cm³/mol. The molecule has 0 aromatic rings. The van der Waals surface area contributed by atoms with Gasteiger partial charge in [-0.2, -0.15) is 0 Å². The van der Waals surface area contributed by atoms with E-state index in [1.54, 1.807) is 0 Å². The van der Waals surface area contributed by atoms with Crippen LogP contribution in [-0.4, -0.2) is 25.0 Å². The van der Waals surface area contributed by atoms with Crippen LogP contribution < -0.4 is 0 Å². The van der Waals surface area contributed by atoms with Gasteiger partial charge < -0.3 is 4.90 Å². The largest absolute Gasteiger partial charge is 0.306 e. The summed E-state index contributed by atoms with van der Waals surface area (Å²) < 4.78 is 0. The molecule has 1 nitrogen and oxygen atoms in total. The molecule has 2 rings (SSSR count). The molecular weight excluding hydrogens is 170 g/mol. The molecule has 1 saturated carbocycles. The summed E-state index contributed by atoms with van der Waals surface area (Å²) in [5.74, 6) is 3.04. The molecule has 3 atom stereocenters. The van der Waals surface area contributed by atoms with Crippen LogP contribution in [0.1, 0.15) is 40.0 Å². The molecule has 2 fully saturated rings. The Labute approximate surface area is 88.9 Å². The summed E-state index contributed by atoms with van der Waals surface area (Å²) in [6.07, 6.45) is 4.44. The number of piperidine rings is 1. The van der Waals surface area contributed by atoms with Crippen molar-refractivity contribution in [3.8, 4) is 0 Å². The van der Waals surface area contributed by atoms with Gasteiger partial charge in [-0.3, -0.25) is 0 Å². The Morgan fingerprint density at radius 3 is 2.36 bits per heavy atom. The minimum absolute atomic E-state index is 0.538. The normalized spacial score (nSPS) is 39.9. The third-order valence-electron chi connectivity index (χ3n) is 4.49. The average molecular weight is 195 g/mol. The first-order valence-corrected chi connectivity index (χ1v) is 6.15. The minimum atomic E-state index is 0.538. The maximum atomic E-state index is 2.52. The lowest BCUT2D eigenvalue weighted by Gasteiger charge is -2.32. The van der Waals surface area contributed by atoms with Gasteiger partial charge in [-0.05, 0) is 56.0 Å². The standard InChI is InChI=1S/C13H25N/c1-13(2,3)12-7-10-5-6-14(4)9-11(10)8-12/h10-12H,5-9H2,1-4H3. The molecule has 0 N–H and O–H groups in total. The van der Waals surface area contributed by atoms with Crippen molar-refractivity contribution in [2.45, 2.75) is 40.0 Å². The van der Waals surface area contributed by atoms with Gasteiger partial charge in [0, 0.05) is 6.54 Å².